The second kappa shape index (κ2) is 5.16. The molecule has 4 nitrogen and oxygen atoms in total. The maximum absolute atomic E-state index is 12.5. The number of thiophene rings is 1. The molecule has 3 heterocycles. The van der Waals surface area contributed by atoms with Gasteiger partial charge in [-0.25, -0.2) is 9.97 Å². The third-order valence-corrected chi connectivity index (χ3v) is 5.47. The van der Waals surface area contributed by atoms with E-state index in [0.29, 0.717) is 17.8 Å². The van der Waals surface area contributed by atoms with Gasteiger partial charge in [0.1, 0.15) is 5.82 Å². The molecular weight excluding hydrogens is 294 g/mol. The van der Waals surface area contributed by atoms with Gasteiger partial charge in [-0.3, -0.25) is 4.79 Å². The number of nitrogens with zero attached hydrogens (tertiary/aromatic N) is 3. The van der Waals surface area contributed by atoms with E-state index in [1.54, 1.807) is 11.3 Å². The fourth-order valence-corrected chi connectivity index (χ4v) is 4.24. The standard InChI is InChI=1S/C17H19N3OS/c1-10(2)16-18-6-13-14-8-20(7-12(14)5-15(13)19-16)17(21)11-3-4-22-9-11/h3-4,6,9-10,12,14H,5,7-8H2,1-2H3/t12-,14-/m0/s1. The third-order valence-electron chi connectivity index (χ3n) is 4.79. The summed E-state index contributed by atoms with van der Waals surface area (Å²) in [6.45, 7) is 5.89. The molecule has 0 saturated carbocycles. The first-order valence-corrected chi connectivity index (χ1v) is 8.75. The van der Waals surface area contributed by atoms with Crippen molar-refractivity contribution in [3.63, 3.8) is 0 Å². The molecule has 1 amide bonds. The highest BCUT2D eigenvalue weighted by Gasteiger charge is 2.42. The Morgan fingerprint density at radius 2 is 2.27 bits per heavy atom. The SMILES string of the molecule is CC(C)c1ncc2c(n1)C[C@H]1CN(C(=O)c3ccsc3)C[C@H]21. The number of hydrogen-bond donors (Lipinski definition) is 0. The fourth-order valence-electron chi connectivity index (χ4n) is 3.61. The van der Waals surface area contributed by atoms with Crippen LogP contribution in [0.3, 0.4) is 0 Å². The molecule has 2 aliphatic rings. The molecule has 2 aromatic rings. The summed E-state index contributed by atoms with van der Waals surface area (Å²) in [5.74, 6) is 2.39. The number of fused-ring (bicyclic) bond motifs is 3. The summed E-state index contributed by atoms with van der Waals surface area (Å²) in [5.41, 5.74) is 3.28. The Hall–Kier alpha value is -1.75. The summed E-state index contributed by atoms with van der Waals surface area (Å²) in [5, 5.41) is 3.89. The smallest absolute Gasteiger partial charge is 0.254 e. The summed E-state index contributed by atoms with van der Waals surface area (Å²) >= 11 is 1.57. The number of aromatic nitrogens is 2. The van der Waals surface area contributed by atoms with Crippen LogP contribution in [0.4, 0.5) is 0 Å². The van der Waals surface area contributed by atoms with Gasteiger partial charge in [0, 0.05) is 42.2 Å². The van der Waals surface area contributed by atoms with E-state index >= 15 is 0 Å². The van der Waals surface area contributed by atoms with E-state index in [0.717, 1.165) is 30.9 Å². The molecule has 4 rings (SSSR count). The second-order valence-electron chi connectivity index (χ2n) is 6.58. The molecule has 1 aliphatic carbocycles. The second-order valence-corrected chi connectivity index (χ2v) is 7.36. The lowest BCUT2D eigenvalue weighted by atomic mass is 9.97. The number of carbonyl (C=O) groups excluding carboxylic acids is 1. The van der Waals surface area contributed by atoms with Crippen LogP contribution in [0, 0.1) is 5.92 Å². The van der Waals surface area contributed by atoms with Crippen molar-refractivity contribution in [2.24, 2.45) is 5.92 Å². The third kappa shape index (κ3) is 2.15. The van der Waals surface area contributed by atoms with Crippen LogP contribution in [0.2, 0.25) is 0 Å². The molecule has 5 heteroatoms. The van der Waals surface area contributed by atoms with E-state index in [1.165, 1.54) is 11.3 Å². The van der Waals surface area contributed by atoms with Gasteiger partial charge in [-0.05, 0) is 29.3 Å². The molecular formula is C17H19N3OS. The highest BCUT2D eigenvalue weighted by Crippen LogP contribution is 2.42. The monoisotopic (exact) mass is 313 g/mol. The molecule has 0 unspecified atom stereocenters. The largest absolute Gasteiger partial charge is 0.338 e. The van der Waals surface area contributed by atoms with Gasteiger partial charge in [0.2, 0.25) is 0 Å². The maximum Gasteiger partial charge on any atom is 0.254 e. The van der Waals surface area contributed by atoms with E-state index in [-0.39, 0.29) is 5.91 Å². The molecule has 0 radical (unpaired) electrons. The zero-order chi connectivity index (χ0) is 15.3. The van der Waals surface area contributed by atoms with Crippen LogP contribution in [0.5, 0.6) is 0 Å². The summed E-state index contributed by atoms with van der Waals surface area (Å²) in [6.07, 6.45) is 2.98. The highest BCUT2D eigenvalue weighted by atomic mass is 32.1. The molecule has 0 aromatic carbocycles. The van der Waals surface area contributed by atoms with Crippen molar-refractivity contribution in [3.05, 3.63) is 45.7 Å². The van der Waals surface area contributed by atoms with Gasteiger partial charge in [0.15, 0.2) is 0 Å². The van der Waals surface area contributed by atoms with Gasteiger partial charge in [0.25, 0.3) is 5.91 Å². The predicted molar refractivity (Wildman–Crippen MR) is 86.3 cm³/mol. The van der Waals surface area contributed by atoms with Crippen LogP contribution < -0.4 is 0 Å². The van der Waals surface area contributed by atoms with E-state index in [4.69, 9.17) is 4.98 Å². The van der Waals surface area contributed by atoms with Gasteiger partial charge >= 0.3 is 0 Å². The van der Waals surface area contributed by atoms with Crippen LogP contribution in [0.15, 0.2) is 23.0 Å². The van der Waals surface area contributed by atoms with Crippen LogP contribution in [-0.2, 0) is 6.42 Å². The number of rotatable bonds is 2. The van der Waals surface area contributed by atoms with Gasteiger partial charge in [-0.15, -0.1) is 0 Å². The first-order valence-electron chi connectivity index (χ1n) is 7.80. The lowest BCUT2D eigenvalue weighted by molar-refractivity contribution is 0.0785. The lowest BCUT2D eigenvalue weighted by Gasteiger charge is -2.17. The Balaban J connectivity index is 1.56. The zero-order valence-electron chi connectivity index (χ0n) is 12.8. The highest BCUT2D eigenvalue weighted by molar-refractivity contribution is 7.08. The van der Waals surface area contributed by atoms with Crippen molar-refractivity contribution in [3.8, 4) is 0 Å². The number of likely N-dealkylation sites (tertiary alicyclic amines) is 1. The Morgan fingerprint density at radius 3 is 3.00 bits per heavy atom. The topological polar surface area (TPSA) is 46.1 Å². The van der Waals surface area contributed by atoms with Gasteiger partial charge in [0.05, 0.1) is 5.56 Å². The Morgan fingerprint density at radius 1 is 1.41 bits per heavy atom. The fraction of sp³-hybridized carbons (Fsp3) is 0.471. The Kier molecular flexibility index (Phi) is 3.26. The normalized spacial score (nSPS) is 23.0. The molecule has 1 saturated heterocycles. The van der Waals surface area contributed by atoms with Crippen LogP contribution in [-0.4, -0.2) is 33.9 Å². The van der Waals surface area contributed by atoms with Crippen LogP contribution in [0.1, 0.15) is 53.1 Å². The molecule has 22 heavy (non-hydrogen) atoms. The minimum absolute atomic E-state index is 0.164. The first kappa shape index (κ1) is 13.9. The summed E-state index contributed by atoms with van der Waals surface area (Å²) in [4.78, 5) is 23.8. The van der Waals surface area contributed by atoms with E-state index in [9.17, 15) is 4.79 Å². The minimum atomic E-state index is 0.164. The first-order chi connectivity index (χ1) is 10.6. The van der Waals surface area contributed by atoms with Crippen molar-refractivity contribution in [2.45, 2.75) is 32.1 Å². The number of hydrogen-bond acceptors (Lipinski definition) is 4. The Labute approximate surface area is 134 Å². The molecule has 114 valence electrons. The van der Waals surface area contributed by atoms with Crippen molar-refractivity contribution in [2.75, 3.05) is 13.1 Å². The van der Waals surface area contributed by atoms with Crippen LogP contribution in [0.25, 0.3) is 0 Å². The van der Waals surface area contributed by atoms with Crippen molar-refractivity contribution in [1.82, 2.24) is 14.9 Å². The zero-order valence-corrected chi connectivity index (χ0v) is 13.6. The molecule has 2 atom stereocenters. The number of amides is 1. The van der Waals surface area contributed by atoms with E-state index in [2.05, 4.69) is 18.8 Å². The van der Waals surface area contributed by atoms with Gasteiger partial charge in [-0.2, -0.15) is 11.3 Å². The Bertz CT molecular complexity index is 711. The summed E-state index contributed by atoms with van der Waals surface area (Å²) in [7, 11) is 0. The van der Waals surface area contributed by atoms with Crippen molar-refractivity contribution < 1.29 is 4.79 Å². The van der Waals surface area contributed by atoms with E-state index in [1.807, 2.05) is 27.9 Å². The summed E-state index contributed by atoms with van der Waals surface area (Å²) < 4.78 is 0. The predicted octanol–water partition coefficient (Wildman–Crippen LogP) is 3.07. The molecule has 1 fully saturated rings. The van der Waals surface area contributed by atoms with Crippen molar-refractivity contribution in [1.29, 1.82) is 0 Å². The minimum Gasteiger partial charge on any atom is -0.338 e. The molecule has 0 bridgehead atoms. The van der Waals surface area contributed by atoms with E-state index < -0.39 is 0 Å². The lowest BCUT2D eigenvalue weighted by Crippen LogP contribution is -2.29. The average Bonchev–Trinajstić information content (AvgIpc) is 3.21. The molecule has 1 aliphatic heterocycles. The molecule has 2 aromatic heterocycles. The van der Waals surface area contributed by atoms with Gasteiger partial charge < -0.3 is 4.90 Å². The quantitative estimate of drug-likeness (QED) is 0.856. The molecule has 0 N–H and O–H groups in total. The van der Waals surface area contributed by atoms with Crippen molar-refractivity contribution >= 4 is 17.2 Å². The molecule has 0 spiro atoms. The summed E-state index contributed by atoms with van der Waals surface area (Å²) in [6, 6.07) is 1.91. The average molecular weight is 313 g/mol. The van der Waals surface area contributed by atoms with Gasteiger partial charge in [-0.1, -0.05) is 13.8 Å². The maximum atomic E-state index is 12.5. The number of carbonyl (C=O) groups is 1. The van der Waals surface area contributed by atoms with Crippen LogP contribution >= 0.6 is 11.3 Å².